The van der Waals surface area contributed by atoms with Crippen LogP contribution in [-0.4, -0.2) is 78.5 Å². The molecule has 1 aromatic carbocycles. The summed E-state index contributed by atoms with van der Waals surface area (Å²) in [5.74, 6) is -3.22. The summed E-state index contributed by atoms with van der Waals surface area (Å²) in [5.41, 5.74) is 7.76. The molecule has 2 aromatic heterocycles. The molecule has 3 amide bonds. The van der Waals surface area contributed by atoms with Gasteiger partial charge in [-0.1, -0.05) is 12.1 Å². The van der Waals surface area contributed by atoms with Gasteiger partial charge in [-0.3, -0.25) is 14.4 Å². The van der Waals surface area contributed by atoms with Crippen LogP contribution >= 0.6 is 0 Å². The fourth-order valence-electron chi connectivity index (χ4n) is 3.43. The first-order valence-electron chi connectivity index (χ1n) is 11.3. The first kappa shape index (κ1) is 26.9. The zero-order valence-corrected chi connectivity index (χ0v) is 19.7. The lowest BCUT2D eigenvalue weighted by Gasteiger charge is -2.20. The number of amides is 3. The van der Waals surface area contributed by atoms with Crippen LogP contribution in [0.25, 0.3) is 0 Å². The summed E-state index contributed by atoms with van der Waals surface area (Å²) >= 11 is 0. The molecule has 14 nitrogen and oxygen atoms in total. The third-order valence-electron chi connectivity index (χ3n) is 5.38. The molecule has 3 rings (SSSR count). The summed E-state index contributed by atoms with van der Waals surface area (Å²) in [7, 11) is 0. The molecule has 37 heavy (non-hydrogen) atoms. The van der Waals surface area contributed by atoms with Gasteiger partial charge in [0.05, 0.1) is 25.2 Å². The molecule has 3 unspecified atom stereocenters. The van der Waals surface area contributed by atoms with Crippen molar-refractivity contribution in [1.29, 1.82) is 0 Å². The number of aromatic amines is 2. The minimum atomic E-state index is -1.26. The van der Waals surface area contributed by atoms with Crippen LogP contribution in [0.2, 0.25) is 0 Å². The number of imidazole rings is 2. The summed E-state index contributed by atoms with van der Waals surface area (Å²) < 4.78 is 0. The Hall–Kier alpha value is -4.72. The summed E-state index contributed by atoms with van der Waals surface area (Å²) in [6.07, 6.45) is 6.10. The standard InChI is InChI=1S/C23H28N8O6/c24-17(6-14-8-25-11-28-14)21(34)31-18(7-15-9-26-12-29-15)22(35)27-10-20(33)30-19(23(36)37)5-13-1-3-16(32)4-2-13/h1-4,8-9,11-12,17-19,32H,5-7,10,24H2,(H,25,28)(H,26,29)(H,27,35)(H,30,33)(H,31,34)(H,36,37). The van der Waals surface area contributed by atoms with Gasteiger partial charge in [0.25, 0.3) is 0 Å². The van der Waals surface area contributed by atoms with E-state index in [-0.39, 0.29) is 25.0 Å². The number of carboxylic acid groups (broad SMARTS) is 1. The van der Waals surface area contributed by atoms with Crippen molar-refractivity contribution in [2.75, 3.05) is 6.54 Å². The maximum atomic E-state index is 12.9. The van der Waals surface area contributed by atoms with E-state index < -0.39 is 48.4 Å². The highest BCUT2D eigenvalue weighted by atomic mass is 16.4. The van der Waals surface area contributed by atoms with Gasteiger partial charge in [0.15, 0.2) is 0 Å². The molecule has 0 aliphatic heterocycles. The van der Waals surface area contributed by atoms with Crippen LogP contribution in [0.15, 0.2) is 49.3 Å². The number of benzene rings is 1. The quantitative estimate of drug-likeness (QED) is 0.131. The predicted molar refractivity (Wildman–Crippen MR) is 129 cm³/mol. The van der Waals surface area contributed by atoms with Crippen molar-refractivity contribution in [3.63, 3.8) is 0 Å². The van der Waals surface area contributed by atoms with Crippen LogP contribution < -0.4 is 21.7 Å². The molecule has 196 valence electrons. The molecule has 0 aliphatic carbocycles. The fraction of sp³-hybridized carbons (Fsp3) is 0.304. The molecule has 2 heterocycles. The van der Waals surface area contributed by atoms with E-state index in [1.807, 2.05) is 0 Å². The van der Waals surface area contributed by atoms with E-state index in [1.54, 1.807) is 12.1 Å². The lowest BCUT2D eigenvalue weighted by Crippen LogP contribution is -2.54. The van der Waals surface area contributed by atoms with E-state index in [2.05, 4.69) is 35.9 Å². The second-order valence-corrected chi connectivity index (χ2v) is 8.28. The Labute approximate surface area is 211 Å². The largest absolute Gasteiger partial charge is 0.508 e. The number of nitrogens with zero attached hydrogens (tertiary/aromatic N) is 2. The first-order chi connectivity index (χ1) is 17.7. The number of aromatic hydroxyl groups is 1. The number of nitrogens with one attached hydrogen (secondary N) is 5. The average molecular weight is 513 g/mol. The second-order valence-electron chi connectivity index (χ2n) is 8.28. The van der Waals surface area contributed by atoms with Crippen LogP contribution in [0.3, 0.4) is 0 Å². The maximum absolute atomic E-state index is 12.9. The van der Waals surface area contributed by atoms with Crippen molar-refractivity contribution in [3.05, 3.63) is 66.3 Å². The average Bonchev–Trinajstić information content (AvgIpc) is 3.57. The van der Waals surface area contributed by atoms with Crippen molar-refractivity contribution < 1.29 is 29.4 Å². The summed E-state index contributed by atoms with van der Waals surface area (Å²) in [4.78, 5) is 62.9. The monoisotopic (exact) mass is 512 g/mol. The van der Waals surface area contributed by atoms with Gasteiger partial charge in [0.2, 0.25) is 17.7 Å². The van der Waals surface area contributed by atoms with Gasteiger partial charge in [-0.25, -0.2) is 14.8 Å². The van der Waals surface area contributed by atoms with Crippen LogP contribution in [-0.2, 0) is 38.4 Å². The number of nitrogens with two attached hydrogens (primary N) is 1. The molecule has 0 saturated carbocycles. The third kappa shape index (κ3) is 8.47. The molecular weight excluding hydrogens is 484 g/mol. The van der Waals surface area contributed by atoms with Gasteiger partial charge in [-0.2, -0.15) is 0 Å². The predicted octanol–water partition coefficient (Wildman–Crippen LogP) is -1.64. The number of aliphatic carboxylic acids is 1. The zero-order valence-electron chi connectivity index (χ0n) is 19.7. The van der Waals surface area contributed by atoms with Crippen LogP contribution in [0.4, 0.5) is 0 Å². The Morgan fingerprint density at radius 3 is 2.05 bits per heavy atom. The number of carboxylic acids is 1. The Balaban J connectivity index is 1.57. The van der Waals surface area contributed by atoms with Gasteiger partial charge in [-0.15, -0.1) is 0 Å². The molecule has 3 atom stereocenters. The van der Waals surface area contributed by atoms with E-state index in [9.17, 15) is 29.4 Å². The van der Waals surface area contributed by atoms with Crippen LogP contribution in [0.1, 0.15) is 17.0 Å². The number of rotatable bonds is 13. The van der Waals surface area contributed by atoms with Crippen LogP contribution in [0, 0.1) is 0 Å². The maximum Gasteiger partial charge on any atom is 0.326 e. The number of hydrogen-bond acceptors (Lipinski definition) is 8. The number of carbonyl (C=O) groups is 4. The lowest BCUT2D eigenvalue weighted by atomic mass is 10.1. The number of carbonyl (C=O) groups excluding carboxylic acids is 3. The number of phenolic OH excluding ortho intramolecular Hbond substituents is 1. The fourth-order valence-corrected chi connectivity index (χ4v) is 3.43. The highest BCUT2D eigenvalue weighted by Gasteiger charge is 2.26. The lowest BCUT2D eigenvalue weighted by molar-refractivity contribution is -0.141. The van der Waals surface area contributed by atoms with Gasteiger partial charge in [0.1, 0.15) is 17.8 Å². The molecule has 0 radical (unpaired) electrons. The smallest absolute Gasteiger partial charge is 0.326 e. The molecular formula is C23H28N8O6. The Kier molecular flexibility index (Phi) is 9.32. The SMILES string of the molecule is NC(Cc1cnc[nH]1)C(=O)NC(Cc1cnc[nH]1)C(=O)NCC(=O)NC(Cc1ccc(O)cc1)C(=O)O. The molecule has 0 spiro atoms. The van der Waals surface area contributed by atoms with Crippen molar-refractivity contribution in [2.45, 2.75) is 37.4 Å². The molecule has 0 fully saturated rings. The topological polar surface area (TPSA) is 228 Å². The second kappa shape index (κ2) is 12.8. The molecule has 9 N–H and O–H groups in total. The molecule has 0 bridgehead atoms. The number of phenols is 1. The normalized spacial score (nSPS) is 13.2. The number of hydrogen-bond donors (Lipinski definition) is 8. The van der Waals surface area contributed by atoms with Crippen molar-refractivity contribution in [2.24, 2.45) is 5.73 Å². The highest BCUT2D eigenvalue weighted by molar-refractivity contribution is 5.92. The van der Waals surface area contributed by atoms with Gasteiger partial charge >= 0.3 is 5.97 Å². The van der Waals surface area contributed by atoms with Gasteiger partial charge in [-0.05, 0) is 17.7 Å². The third-order valence-corrected chi connectivity index (χ3v) is 5.38. The highest BCUT2D eigenvalue weighted by Crippen LogP contribution is 2.11. The Bertz CT molecular complexity index is 1180. The van der Waals surface area contributed by atoms with Crippen LogP contribution in [0.5, 0.6) is 5.75 Å². The molecule has 0 saturated heterocycles. The van der Waals surface area contributed by atoms with Gasteiger partial charge in [0, 0.05) is 43.0 Å². The first-order valence-corrected chi connectivity index (χ1v) is 11.3. The van der Waals surface area contributed by atoms with Crippen molar-refractivity contribution >= 4 is 23.7 Å². The van der Waals surface area contributed by atoms with E-state index in [1.165, 1.54) is 37.2 Å². The van der Waals surface area contributed by atoms with Gasteiger partial charge < -0.3 is 41.9 Å². The van der Waals surface area contributed by atoms with E-state index in [0.717, 1.165) is 0 Å². The molecule has 14 heteroatoms. The zero-order chi connectivity index (χ0) is 26.8. The van der Waals surface area contributed by atoms with E-state index in [4.69, 9.17) is 5.73 Å². The van der Waals surface area contributed by atoms with E-state index in [0.29, 0.717) is 17.0 Å². The summed E-state index contributed by atoms with van der Waals surface area (Å²) in [6.45, 7) is -0.520. The molecule has 3 aromatic rings. The summed E-state index contributed by atoms with van der Waals surface area (Å²) in [5, 5.41) is 26.2. The minimum absolute atomic E-state index is 0.0258. The van der Waals surface area contributed by atoms with E-state index >= 15 is 0 Å². The molecule has 0 aliphatic rings. The Morgan fingerprint density at radius 2 is 1.49 bits per heavy atom. The Morgan fingerprint density at radius 1 is 0.865 bits per heavy atom. The van der Waals surface area contributed by atoms with Crippen molar-refractivity contribution in [3.8, 4) is 5.75 Å². The number of aromatic nitrogens is 4. The van der Waals surface area contributed by atoms with Crippen molar-refractivity contribution in [1.82, 2.24) is 35.9 Å². The minimum Gasteiger partial charge on any atom is -0.508 e. The number of H-pyrrole nitrogens is 2. The summed E-state index contributed by atoms with van der Waals surface area (Å²) in [6, 6.07) is 2.60.